The normalized spacial score (nSPS) is 12.3. The summed E-state index contributed by atoms with van der Waals surface area (Å²) in [4.78, 5) is 21.4. The van der Waals surface area contributed by atoms with Crippen LogP contribution in [0.2, 0.25) is 0 Å². The quantitative estimate of drug-likeness (QED) is 0.713. The molecule has 6 heteroatoms. The number of aliphatic carboxylic acids is 1. The standard InChI is InChI=1S/C11H14O3.C10H12O3/c1-9(11(12)13-2)14-8-10-6-4-3-5-7-10;1-8(10(11)12)13-7-9-5-3-2-4-6-9/h3-7,9H,8H2,1-2H3;2-6,8H,7H2,1H3,(H,11,12). The Morgan fingerprint density at radius 2 is 1.22 bits per heavy atom. The van der Waals surface area contributed by atoms with Crippen LogP contribution in [-0.4, -0.2) is 36.4 Å². The summed E-state index contributed by atoms with van der Waals surface area (Å²) in [5, 5.41) is 8.54. The molecule has 0 bridgehead atoms. The van der Waals surface area contributed by atoms with Crippen LogP contribution in [0.5, 0.6) is 0 Å². The number of hydrogen-bond donors (Lipinski definition) is 1. The molecule has 1 N–H and O–H groups in total. The van der Waals surface area contributed by atoms with Crippen molar-refractivity contribution in [1.29, 1.82) is 0 Å². The molecule has 146 valence electrons. The minimum atomic E-state index is -0.934. The Hall–Kier alpha value is -2.70. The largest absolute Gasteiger partial charge is 0.479 e. The summed E-state index contributed by atoms with van der Waals surface area (Å²) in [5.41, 5.74) is 2.03. The predicted octanol–water partition coefficient (Wildman–Crippen LogP) is 3.44. The Morgan fingerprint density at radius 1 is 0.815 bits per heavy atom. The molecule has 2 atom stereocenters. The van der Waals surface area contributed by atoms with Crippen LogP contribution in [0, 0.1) is 0 Å². The Labute approximate surface area is 159 Å². The summed E-state index contributed by atoms with van der Waals surface area (Å²) in [6.45, 7) is 3.96. The van der Waals surface area contributed by atoms with E-state index in [1.807, 2.05) is 60.7 Å². The van der Waals surface area contributed by atoms with Crippen molar-refractivity contribution in [2.24, 2.45) is 0 Å². The fourth-order valence-electron chi connectivity index (χ4n) is 1.90. The van der Waals surface area contributed by atoms with Crippen molar-refractivity contribution in [3.05, 3.63) is 71.8 Å². The van der Waals surface area contributed by atoms with Crippen molar-refractivity contribution < 1.29 is 28.9 Å². The third kappa shape index (κ3) is 9.53. The number of methoxy groups -OCH3 is 1. The summed E-state index contributed by atoms with van der Waals surface area (Å²) in [7, 11) is 1.35. The summed E-state index contributed by atoms with van der Waals surface area (Å²) in [6, 6.07) is 19.2. The molecule has 0 heterocycles. The van der Waals surface area contributed by atoms with E-state index < -0.39 is 18.2 Å². The fourth-order valence-corrected chi connectivity index (χ4v) is 1.90. The lowest BCUT2D eigenvalue weighted by molar-refractivity contribution is -0.153. The van der Waals surface area contributed by atoms with Gasteiger partial charge in [0, 0.05) is 0 Å². The lowest BCUT2D eigenvalue weighted by Gasteiger charge is -2.10. The molecular formula is C21H26O6. The topological polar surface area (TPSA) is 82.1 Å². The third-order valence-electron chi connectivity index (χ3n) is 3.57. The highest BCUT2D eigenvalue weighted by molar-refractivity contribution is 5.73. The van der Waals surface area contributed by atoms with E-state index in [0.717, 1.165) is 11.1 Å². The minimum absolute atomic E-state index is 0.342. The van der Waals surface area contributed by atoms with Gasteiger partial charge in [0.05, 0.1) is 20.3 Å². The fraction of sp³-hybridized carbons (Fsp3) is 0.333. The van der Waals surface area contributed by atoms with Crippen molar-refractivity contribution >= 4 is 11.9 Å². The first-order chi connectivity index (χ1) is 12.9. The van der Waals surface area contributed by atoms with E-state index in [1.165, 1.54) is 14.0 Å². The van der Waals surface area contributed by atoms with E-state index in [0.29, 0.717) is 13.2 Å². The number of carbonyl (C=O) groups excluding carboxylic acids is 1. The number of hydrogen-bond acceptors (Lipinski definition) is 5. The lowest BCUT2D eigenvalue weighted by Crippen LogP contribution is -2.21. The Bertz CT molecular complexity index is 672. The predicted molar refractivity (Wildman–Crippen MR) is 101 cm³/mol. The molecule has 2 aromatic carbocycles. The van der Waals surface area contributed by atoms with E-state index in [4.69, 9.17) is 14.6 Å². The van der Waals surface area contributed by atoms with Crippen LogP contribution in [0.4, 0.5) is 0 Å². The maximum atomic E-state index is 11.0. The van der Waals surface area contributed by atoms with Gasteiger partial charge in [-0.15, -0.1) is 0 Å². The molecule has 0 saturated heterocycles. The van der Waals surface area contributed by atoms with E-state index >= 15 is 0 Å². The number of benzene rings is 2. The van der Waals surface area contributed by atoms with Gasteiger partial charge >= 0.3 is 11.9 Å². The second-order valence-electron chi connectivity index (χ2n) is 5.74. The van der Waals surface area contributed by atoms with Crippen molar-refractivity contribution in [3.63, 3.8) is 0 Å². The zero-order valence-electron chi connectivity index (χ0n) is 15.8. The molecule has 27 heavy (non-hydrogen) atoms. The number of carbonyl (C=O) groups is 2. The van der Waals surface area contributed by atoms with E-state index in [-0.39, 0.29) is 5.97 Å². The Morgan fingerprint density at radius 3 is 1.59 bits per heavy atom. The molecule has 0 radical (unpaired) electrons. The second-order valence-corrected chi connectivity index (χ2v) is 5.74. The van der Waals surface area contributed by atoms with Gasteiger partial charge in [-0.05, 0) is 25.0 Å². The maximum Gasteiger partial charge on any atom is 0.334 e. The van der Waals surface area contributed by atoms with Crippen LogP contribution in [0.1, 0.15) is 25.0 Å². The summed E-state index contributed by atoms with van der Waals surface area (Å²) < 4.78 is 14.9. The highest BCUT2D eigenvalue weighted by atomic mass is 16.6. The van der Waals surface area contributed by atoms with Gasteiger partial charge in [0.1, 0.15) is 0 Å². The average Bonchev–Trinajstić information content (AvgIpc) is 2.71. The number of carboxylic acids is 1. The lowest BCUT2D eigenvalue weighted by atomic mass is 10.2. The maximum absolute atomic E-state index is 11.0. The van der Waals surface area contributed by atoms with Crippen LogP contribution >= 0.6 is 0 Å². The number of rotatable bonds is 8. The van der Waals surface area contributed by atoms with Crippen molar-refractivity contribution in [1.82, 2.24) is 0 Å². The highest BCUT2D eigenvalue weighted by Gasteiger charge is 2.12. The highest BCUT2D eigenvalue weighted by Crippen LogP contribution is 2.04. The minimum Gasteiger partial charge on any atom is -0.479 e. The monoisotopic (exact) mass is 374 g/mol. The molecule has 0 aliphatic carbocycles. The van der Waals surface area contributed by atoms with Crippen LogP contribution in [0.15, 0.2) is 60.7 Å². The van der Waals surface area contributed by atoms with Gasteiger partial charge < -0.3 is 19.3 Å². The third-order valence-corrected chi connectivity index (χ3v) is 3.57. The van der Waals surface area contributed by atoms with Gasteiger partial charge in [0.15, 0.2) is 12.2 Å². The van der Waals surface area contributed by atoms with Crippen LogP contribution in [-0.2, 0) is 37.0 Å². The van der Waals surface area contributed by atoms with Crippen molar-refractivity contribution in [2.75, 3.05) is 7.11 Å². The molecule has 0 aliphatic rings. The first-order valence-corrected chi connectivity index (χ1v) is 8.55. The first kappa shape index (κ1) is 22.3. The molecule has 2 unspecified atom stereocenters. The molecule has 2 aromatic rings. The van der Waals surface area contributed by atoms with Gasteiger partial charge in [-0.3, -0.25) is 0 Å². The molecule has 0 fully saturated rings. The van der Waals surface area contributed by atoms with Crippen molar-refractivity contribution in [2.45, 2.75) is 39.3 Å². The summed E-state index contributed by atoms with van der Waals surface area (Å²) >= 11 is 0. The van der Waals surface area contributed by atoms with Gasteiger partial charge in [-0.2, -0.15) is 0 Å². The summed E-state index contributed by atoms with van der Waals surface area (Å²) in [6.07, 6.45) is -1.26. The van der Waals surface area contributed by atoms with E-state index in [1.54, 1.807) is 6.92 Å². The molecular weight excluding hydrogens is 348 g/mol. The first-order valence-electron chi connectivity index (χ1n) is 8.55. The molecule has 6 nitrogen and oxygen atoms in total. The van der Waals surface area contributed by atoms with Gasteiger partial charge in [-0.25, -0.2) is 9.59 Å². The van der Waals surface area contributed by atoms with Crippen LogP contribution in [0.3, 0.4) is 0 Å². The Kier molecular flexibility index (Phi) is 10.4. The second kappa shape index (κ2) is 12.6. The molecule has 0 aliphatic heterocycles. The number of esters is 1. The molecule has 0 saturated carbocycles. The SMILES string of the molecule is CC(OCc1ccccc1)C(=O)O.COC(=O)C(C)OCc1ccccc1. The van der Waals surface area contributed by atoms with Gasteiger partial charge in [-0.1, -0.05) is 60.7 Å². The van der Waals surface area contributed by atoms with Crippen LogP contribution in [0.25, 0.3) is 0 Å². The average molecular weight is 374 g/mol. The van der Waals surface area contributed by atoms with Crippen molar-refractivity contribution in [3.8, 4) is 0 Å². The summed E-state index contributed by atoms with van der Waals surface area (Å²) in [5.74, 6) is -1.28. The zero-order chi connectivity index (χ0) is 20.1. The molecule has 0 aromatic heterocycles. The molecule has 2 rings (SSSR count). The van der Waals surface area contributed by atoms with E-state index in [2.05, 4.69) is 4.74 Å². The molecule has 0 spiro atoms. The van der Waals surface area contributed by atoms with Crippen LogP contribution < -0.4 is 0 Å². The van der Waals surface area contributed by atoms with Gasteiger partial charge in [0.2, 0.25) is 0 Å². The number of ether oxygens (including phenoxy) is 3. The van der Waals surface area contributed by atoms with E-state index in [9.17, 15) is 9.59 Å². The van der Waals surface area contributed by atoms with Gasteiger partial charge in [0.25, 0.3) is 0 Å². The number of carboxylic acid groups (broad SMARTS) is 1. The Balaban J connectivity index is 0.000000271. The smallest absolute Gasteiger partial charge is 0.334 e. The molecule has 0 amide bonds. The zero-order valence-corrected chi connectivity index (χ0v) is 15.8.